The summed E-state index contributed by atoms with van der Waals surface area (Å²) < 4.78 is 0. The van der Waals surface area contributed by atoms with Crippen molar-refractivity contribution in [1.82, 2.24) is 15.3 Å². The van der Waals surface area contributed by atoms with E-state index in [0.717, 1.165) is 5.69 Å². The van der Waals surface area contributed by atoms with Crippen LogP contribution >= 0.6 is 23.2 Å². The first-order valence-corrected chi connectivity index (χ1v) is 6.59. The number of nitrogens with zero attached hydrogens (tertiary/aromatic N) is 1. The van der Waals surface area contributed by atoms with E-state index in [-0.39, 0.29) is 12.3 Å². The fraction of sp³-hybridized carbons (Fsp3) is 0.231. The van der Waals surface area contributed by atoms with Crippen LogP contribution in [-0.2, 0) is 17.6 Å². The number of aromatic nitrogens is 2. The number of carbonyl (C=O) groups is 1. The topological polar surface area (TPSA) is 57.8 Å². The van der Waals surface area contributed by atoms with E-state index in [0.29, 0.717) is 28.6 Å². The smallest absolute Gasteiger partial charge is 0.224 e. The Balaban J connectivity index is 1.84. The quantitative estimate of drug-likeness (QED) is 0.891. The third-order valence-corrected chi connectivity index (χ3v) is 3.38. The Kier molecular flexibility index (Phi) is 4.82. The number of carbonyl (C=O) groups excluding carboxylic acids is 1. The third-order valence-electron chi connectivity index (χ3n) is 2.67. The molecule has 0 radical (unpaired) electrons. The number of hydrogen-bond donors (Lipinski definition) is 2. The zero-order chi connectivity index (χ0) is 13.7. The SMILES string of the molecule is O=C(Cc1c(Cl)cccc1Cl)NCCc1cnc[nH]1. The summed E-state index contributed by atoms with van der Waals surface area (Å²) in [5.74, 6) is -0.102. The summed E-state index contributed by atoms with van der Waals surface area (Å²) in [5.41, 5.74) is 1.64. The highest BCUT2D eigenvalue weighted by molar-refractivity contribution is 6.36. The van der Waals surface area contributed by atoms with Crippen LogP contribution in [0.3, 0.4) is 0 Å². The van der Waals surface area contributed by atoms with Gasteiger partial charge in [0.25, 0.3) is 0 Å². The number of nitrogens with one attached hydrogen (secondary N) is 2. The molecule has 0 spiro atoms. The summed E-state index contributed by atoms with van der Waals surface area (Å²) in [4.78, 5) is 18.7. The number of amides is 1. The van der Waals surface area contributed by atoms with Crippen molar-refractivity contribution in [2.75, 3.05) is 6.54 Å². The lowest BCUT2D eigenvalue weighted by molar-refractivity contribution is -0.120. The first-order chi connectivity index (χ1) is 9.16. The van der Waals surface area contributed by atoms with Crippen LogP contribution in [0.1, 0.15) is 11.3 Å². The maximum atomic E-state index is 11.8. The van der Waals surface area contributed by atoms with Crippen LogP contribution in [0.4, 0.5) is 0 Å². The Morgan fingerprint density at radius 3 is 2.68 bits per heavy atom. The Morgan fingerprint density at radius 1 is 1.32 bits per heavy atom. The van der Waals surface area contributed by atoms with Gasteiger partial charge >= 0.3 is 0 Å². The van der Waals surface area contributed by atoms with E-state index in [1.54, 1.807) is 30.7 Å². The largest absolute Gasteiger partial charge is 0.355 e. The number of benzene rings is 1. The summed E-state index contributed by atoms with van der Waals surface area (Å²) in [6.45, 7) is 0.545. The summed E-state index contributed by atoms with van der Waals surface area (Å²) in [5, 5.41) is 3.84. The molecule has 0 bridgehead atoms. The minimum Gasteiger partial charge on any atom is -0.355 e. The van der Waals surface area contributed by atoms with Crippen molar-refractivity contribution in [3.8, 4) is 0 Å². The van der Waals surface area contributed by atoms with Gasteiger partial charge in [-0.1, -0.05) is 29.3 Å². The second-order valence-electron chi connectivity index (χ2n) is 4.05. The number of hydrogen-bond acceptors (Lipinski definition) is 2. The van der Waals surface area contributed by atoms with Crippen molar-refractivity contribution < 1.29 is 4.79 Å². The maximum absolute atomic E-state index is 11.8. The molecule has 0 atom stereocenters. The summed E-state index contributed by atoms with van der Waals surface area (Å²) in [6, 6.07) is 5.20. The Hall–Kier alpha value is -1.52. The highest BCUT2D eigenvalue weighted by Gasteiger charge is 2.10. The van der Waals surface area contributed by atoms with Crippen LogP contribution in [0.25, 0.3) is 0 Å². The number of halogens is 2. The van der Waals surface area contributed by atoms with Gasteiger partial charge in [0.2, 0.25) is 5.91 Å². The highest BCUT2D eigenvalue weighted by atomic mass is 35.5. The summed E-state index contributed by atoms with van der Waals surface area (Å²) >= 11 is 12.0. The molecule has 0 aliphatic rings. The van der Waals surface area contributed by atoms with Gasteiger partial charge < -0.3 is 10.3 Å². The van der Waals surface area contributed by atoms with Crippen LogP contribution in [0, 0.1) is 0 Å². The van der Waals surface area contributed by atoms with Crippen LogP contribution in [0.2, 0.25) is 10.0 Å². The summed E-state index contributed by atoms with van der Waals surface area (Å²) in [7, 11) is 0. The molecule has 0 unspecified atom stereocenters. The predicted molar refractivity (Wildman–Crippen MR) is 75.5 cm³/mol. The van der Waals surface area contributed by atoms with Crippen LogP contribution in [-0.4, -0.2) is 22.4 Å². The molecular weight excluding hydrogens is 285 g/mol. The lowest BCUT2D eigenvalue weighted by Crippen LogP contribution is -2.27. The molecule has 1 aromatic carbocycles. The molecule has 2 aromatic rings. The molecule has 100 valence electrons. The van der Waals surface area contributed by atoms with Crippen LogP contribution in [0.5, 0.6) is 0 Å². The molecule has 19 heavy (non-hydrogen) atoms. The average Bonchev–Trinajstić information content (AvgIpc) is 2.87. The number of aromatic amines is 1. The van der Waals surface area contributed by atoms with E-state index in [4.69, 9.17) is 23.2 Å². The second-order valence-corrected chi connectivity index (χ2v) is 4.87. The molecule has 4 nitrogen and oxygen atoms in total. The maximum Gasteiger partial charge on any atom is 0.224 e. The first kappa shape index (κ1) is 13.9. The van der Waals surface area contributed by atoms with E-state index in [9.17, 15) is 4.79 Å². The normalized spacial score (nSPS) is 10.4. The van der Waals surface area contributed by atoms with Gasteiger partial charge in [-0.25, -0.2) is 4.98 Å². The molecule has 1 aromatic heterocycles. The van der Waals surface area contributed by atoms with Crippen molar-refractivity contribution in [1.29, 1.82) is 0 Å². The van der Waals surface area contributed by atoms with Gasteiger partial charge in [0, 0.05) is 34.9 Å². The van der Waals surface area contributed by atoms with Crippen molar-refractivity contribution in [2.24, 2.45) is 0 Å². The Bertz CT molecular complexity index is 535. The second kappa shape index (κ2) is 6.59. The molecule has 1 heterocycles. The first-order valence-electron chi connectivity index (χ1n) is 5.83. The molecule has 0 saturated heterocycles. The van der Waals surface area contributed by atoms with Crippen LogP contribution in [0.15, 0.2) is 30.7 Å². The van der Waals surface area contributed by atoms with Gasteiger partial charge in [-0.3, -0.25) is 4.79 Å². The molecule has 2 N–H and O–H groups in total. The zero-order valence-electron chi connectivity index (χ0n) is 10.1. The van der Waals surface area contributed by atoms with Crippen LogP contribution < -0.4 is 5.32 Å². The molecule has 6 heteroatoms. The number of imidazole rings is 1. The van der Waals surface area contributed by atoms with Crippen molar-refractivity contribution >= 4 is 29.1 Å². The zero-order valence-corrected chi connectivity index (χ0v) is 11.6. The molecule has 2 rings (SSSR count). The van der Waals surface area contributed by atoms with Crippen molar-refractivity contribution in [3.63, 3.8) is 0 Å². The van der Waals surface area contributed by atoms with E-state index >= 15 is 0 Å². The Labute approximate surface area is 121 Å². The monoisotopic (exact) mass is 297 g/mol. The molecule has 0 fully saturated rings. The number of H-pyrrole nitrogens is 1. The molecule has 0 saturated carbocycles. The van der Waals surface area contributed by atoms with Gasteiger partial charge in [0.05, 0.1) is 12.7 Å². The molecule has 0 aliphatic heterocycles. The van der Waals surface area contributed by atoms with E-state index in [2.05, 4.69) is 15.3 Å². The molecule has 1 amide bonds. The average molecular weight is 298 g/mol. The Morgan fingerprint density at radius 2 is 2.05 bits per heavy atom. The van der Waals surface area contributed by atoms with E-state index in [1.165, 1.54) is 0 Å². The fourth-order valence-corrected chi connectivity index (χ4v) is 2.21. The van der Waals surface area contributed by atoms with Gasteiger partial charge in [0.1, 0.15) is 0 Å². The van der Waals surface area contributed by atoms with Gasteiger partial charge in [-0.05, 0) is 17.7 Å². The lowest BCUT2D eigenvalue weighted by atomic mass is 10.1. The molecule has 0 aliphatic carbocycles. The van der Waals surface area contributed by atoms with Crippen molar-refractivity contribution in [2.45, 2.75) is 12.8 Å². The minimum atomic E-state index is -0.102. The predicted octanol–water partition coefficient (Wildman–Crippen LogP) is 2.62. The summed E-state index contributed by atoms with van der Waals surface area (Å²) in [6.07, 6.45) is 4.24. The van der Waals surface area contributed by atoms with Gasteiger partial charge in [-0.15, -0.1) is 0 Å². The van der Waals surface area contributed by atoms with E-state index in [1.807, 2.05) is 0 Å². The number of rotatable bonds is 5. The minimum absolute atomic E-state index is 0.102. The standard InChI is InChI=1S/C13H13Cl2N3O/c14-11-2-1-3-12(15)10(11)6-13(19)17-5-4-9-7-16-8-18-9/h1-3,7-8H,4-6H2,(H,16,18)(H,17,19). The highest BCUT2D eigenvalue weighted by Crippen LogP contribution is 2.24. The van der Waals surface area contributed by atoms with Crippen molar-refractivity contribution in [3.05, 3.63) is 52.0 Å². The lowest BCUT2D eigenvalue weighted by Gasteiger charge is -2.07. The van der Waals surface area contributed by atoms with Gasteiger partial charge in [-0.2, -0.15) is 0 Å². The van der Waals surface area contributed by atoms with E-state index < -0.39 is 0 Å². The molecular formula is C13H13Cl2N3O. The fourth-order valence-electron chi connectivity index (χ4n) is 1.68. The van der Waals surface area contributed by atoms with Gasteiger partial charge in [0.15, 0.2) is 0 Å². The third kappa shape index (κ3) is 3.98.